The van der Waals surface area contributed by atoms with Crippen molar-refractivity contribution in [2.45, 2.75) is 6.92 Å². The van der Waals surface area contributed by atoms with Crippen LogP contribution in [0.15, 0.2) is 47.4 Å². The van der Waals surface area contributed by atoms with Crippen molar-refractivity contribution in [1.82, 2.24) is 5.32 Å². The van der Waals surface area contributed by atoms with Gasteiger partial charge in [-0.15, -0.1) is 6.58 Å². The lowest BCUT2D eigenvalue weighted by Gasteiger charge is -2.02. The summed E-state index contributed by atoms with van der Waals surface area (Å²) in [5, 5.41) is 13.3. The summed E-state index contributed by atoms with van der Waals surface area (Å²) >= 11 is 0. The Balaban J connectivity index is 2.27. The molecule has 0 fully saturated rings. The van der Waals surface area contributed by atoms with Gasteiger partial charge in [0.1, 0.15) is 5.76 Å². The van der Waals surface area contributed by atoms with Gasteiger partial charge in [0, 0.05) is 24.2 Å². The molecular weight excluding hydrogens is 272 g/mol. The summed E-state index contributed by atoms with van der Waals surface area (Å²) in [6.07, 6.45) is 1.57. The summed E-state index contributed by atoms with van der Waals surface area (Å²) in [7, 11) is 0. The molecule has 1 amide bonds. The summed E-state index contributed by atoms with van der Waals surface area (Å²) in [6, 6.07) is 7.71. The Morgan fingerprint density at radius 1 is 1.43 bits per heavy atom. The molecule has 108 valence electrons. The smallest absolute Gasteiger partial charge is 0.287 e. The molecule has 0 aliphatic rings. The van der Waals surface area contributed by atoms with Crippen molar-refractivity contribution in [1.29, 1.82) is 0 Å². The standard InChI is InChI=1S/C15H14N2O4/c1-3-8-16-15(18)14-7-6-13(21-14)12-5-4-11(17(19)20)9-10(12)2/h3-7,9H,1,8H2,2H3,(H,16,18). The van der Waals surface area contributed by atoms with E-state index in [1.807, 2.05) is 0 Å². The molecule has 1 heterocycles. The van der Waals surface area contributed by atoms with Crippen LogP contribution in [0.3, 0.4) is 0 Å². The van der Waals surface area contributed by atoms with Crippen molar-refractivity contribution in [3.05, 3.63) is 64.4 Å². The van der Waals surface area contributed by atoms with Crippen molar-refractivity contribution in [3.8, 4) is 11.3 Å². The van der Waals surface area contributed by atoms with Gasteiger partial charge in [0.2, 0.25) is 0 Å². The zero-order valence-corrected chi connectivity index (χ0v) is 11.5. The third kappa shape index (κ3) is 3.17. The van der Waals surface area contributed by atoms with E-state index in [4.69, 9.17) is 4.42 Å². The van der Waals surface area contributed by atoms with Crippen molar-refractivity contribution >= 4 is 11.6 Å². The summed E-state index contributed by atoms with van der Waals surface area (Å²) in [5.74, 6) is 0.344. The molecule has 2 aromatic rings. The normalized spacial score (nSPS) is 10.1. The predicted molar refractivity (Wildman–Crippen MR) is 78.1 cm³/mol. The summed E-state index contributed by atoms with van der Waals surface area (Å²) < 4.78 is 5.49. The van der Waals surface area contributed by atoms with Gasteiger partial charge >= 0.3 is 0 Å². The maximum Gasteiger partial charge on any atom is 0.287 e. The molecule has 0 spiro atoms. The number of hydrogen-bond acceptors (Lipinski definition) is 4. The molecule has 0 saturated carbocycles. The van der Waals surface area contributed by atoms with Gasteiger partial charge in [-0.1, -0.05) is 6.08 Å². The maximum absolute atomic E-state index is 11.7. The average Bonchev–Trinajstić information content (AvgIpc) is 2.94. The number of furan rings is 1. The van der Waals surface area contributed by atoms with Crippen LogP contribution >= 0.6 is 0 Å². The zero-order chi connectivity index (χ0) is 15.4. The van der Waals surface area contributed by atoms with E-state index in [0.29, 0.717) is 23.4 Å². The largest absolute Gasteiger partial charge is 0.451 e. The van der Waals surface area contributed by atoms with Gasteiger partial charge in [-0.25, -0.2) is 0 Å². The first-order chi connectivity index (χ1) is 10.0. The molecule has 1 aromatic carbocycles. The van der Waals surface area contributed by atoms with E-state index in [2.05, 4.69) is 11.9 Å². The number of non-ortho nitro benzene ring substituents is 1. The van der Waals surface area contributed by atoms with E-state index in [9.17, 15) is 14.9 Å². The van der Waals surface area contributed by atoms with E-state index in [1.165, 1.54) is 12.1 Å². The van der Waals surface area contributed by atoms with Gasteiger partial charge in [0.25, 0.3) is 11.6 Å². The molecule has 1 aromatic heterocycles. The molecule has 0 bridgehead atoms. The minimum absolute atomic E-state index is 0.0201. The van der Waals surface area contributed by atoms with E-state index in [-0.39, 0.29) is 17.4 Å². The van der Waals surface area contributed by atoms with E-state index in [1.54, 1.807) is 31.2 Å². The van der Waals surface area contributed by atoms with Gasteiger partial charge in [0.15, 0.2) is 5.76 Å². The fraction of sp³-hybridized carbons (Fsp3) is 0.133. The minimum atomic E-state index is -0.451. The molecule has 1 N–H and O–H groups in total. The van der Waals surface area contributed by atoms with Crippen molar-refractivity contribution in [2.75, 3.05) is 6.54 Å². The molecular formula is C15H14N2O4. The Bertz CT molecular complexity index is 703. The van der Waals surface area contributed by atoms with Crippen LogP contribution in [0.4, 0.5) is 5.69 Å². The molecule has 0 aliphatic carbocycles. The first-order valence-corrected chi connectivity index (χ1v) is 6.27. The number of benzene rings is 1. The maximum atomic E-state index is 11.7. The van der Waals surface area contributed by atoms with Crippen LogP contribution < -0.4 is 5.32 Å². The highest BCUT2D eigenvalue weighted by Crippen LogP contribution is 2.28. The van der Waals surface area contributed by atoms with Crippen LogP contribution in [0.2, 0.25) is 0 Å². The Labute approximate surface area is 121 Å². The van der Waals surface area contributed by atoms with E-state index in [0.717, 1.165) is 0 Å². The van der Waals surface area contributed by atoms with E-state index < -0.39 is 4.92 Å². The SMILES string of the molecule is C=CCNC(=O)c1ccc(-c2ccc([N+](=O)[O-])cc2C)o1. The first-order valence-electron chi connectivity index (χ1n) is 6.27. The molecule has 0 saturated heterocycles. The number of carbonyl (C=O) groups is 1. The van der Waals surface area contributed by atoms with Crippen molar-refractivity contribution in [3.63, 3.8) is 0 Å². The number of nitrogens with one attached hydrogen (secondary N) is 1. The summed E-state index contributed by atoms with van der Waals surface area (Å²) in [5.41, 5.74) is 1.44. The fourth-order valence-electron chi connectivity index (χ4n) is 1.89. The van der Waals surface area contributed by atoms with Gasteiger partial charge < -0.3 is 9.73 Å². The second-order valence-corrected chi connectivity index (χ2v) is 4.42. The highest BCUT2D eigenvalue weighted by atomic mass is 16.6. The van der Waals surface area contributed by atoms with Crippen molar-refractivity contribution < 1.29 is 14.1 Å². The number of aryl methyl sites for hydroxylation is 1. The zero-order valence-electron chi connectivity index (χ0n) is 11.5. The summed E-state index contributed by atoms with van der Waals surface area (Å²) in [4.78, 5) is 22.0. The van der Waals surface area contributed by atoms with Crippen LogP contribution in [0.25, 0.3) is 11.3 Å². The lowest BCUT2D eigenvalue weighted by atomic mass is 10.1. The van der Waals surface area contributed by atoms with Gasteiger partial charge in [-0.2, -0.15) is 0 Å². The molecule has 0 atom stereocenters. The Hall–Kier alpha value is -2.89. The number of hydrogen-bond donors (Lipinski definition) is 1. The van der Waals surface area contributed by atoms with Gasteiger partial charge in [-0.05, 0) is 30.7 Å². The molecule has 0 radical (unpaired) electrons. The highest BCUT2D eigenvalue weighted by molar-refractivity contribution is 5.92. The third-order valence-electron chi connectivity index (χ3n) is 2.92. The minimum Gasteiger partial charge on any atom is -0.451 e. The number of nitrogens with zero attached hydrogens (tertiary/aromatic N) is 1. The second-order valence-electron chi connectivity index (χ2n) is 4.42. The lowest BCUT2D eigenvalue weighted by molar-refractivity contribution is -0.384. The Kier molecular flexibility index (Phi) is 4.18. The molecule has 2 rings (SSSR count). The lowest BCUT2D eigenvalue weighted by Crippen LogP contribution is -2.22. The van der Waals surface area contributed by atoms with Crippen LogP contribution in [0, 0.1) is 17.0 Å². The fourth-order valence-corrected chi connectivity index (χ4v) is 1.89. The third-order valence-corrected chi connectivity index (χ3v) is 2.92. The molecule has 0 unspecified atom stereocenters. The first kappa shape index (κ1) is 14.5. The van der Waals surface area contributed by atoms with Crippen LogP contribution in [0.5, 0.6) is 0 Å². The van der Waals surface area contributed by atoms with Crippen LogP contribution in [-0.2, 0) is 0 Å². The quantitative estimate of drug-likeness (QED) is 0.520. The number of rotatable bonds is 5. The monoisotopic (exact) mass is 286 g/mol. The molecule has 6 heteroatoms. The van der Waals surface area contributed by atoms with Crippen LogP contribution in [-0.4, -0.2) is 17.4 Å². The van der Waals surface area contributed by atoms with Crippen molar-refractivity contribution in [2.24, 2.45) is 0 Å². The van der Waals surface area contributed by atoms with E-state index >= 15 is 0 Å². The Morgan fingerprint density at radius 2 is 2.19 bits per heavy atom. The summed E-state index contributed by atoms with van der Waals surface area (Å²) in [6.45, 7) is 5.62. The second kappa shape index (κ2) is 6.04. The molecule has 6 nitrogen and oxygen atoms in total. The number of nitro groups is 1. The number of amides is 1. The number of nitro benzene ring substituents is 1. The predicted octanol–water partition coefficient (Wildman–Crippen LogP) is 3.08. The average molecular weight is 286 g/mol. The van der Waals surface area contributed by atoms with Gasteiger partial charge in [-0.3, -0.25) is 14.9 Å². The van der Waals surface area contributed by atoms with Crippen LogP contribution in [0.1, 0.15) is 16.1 Å². The highest BCUT2D eigenvalue weighted by Gasteiger charge is 2.14. The molecule has 21 heavy (non-hydrogen) atoms. The molecule has 0 aliphatic heterocycles. The topological polar surface area (TPSA) is 85.4 Å². The number of carbonyl (C=O) groups excluding carboxylic acids is 1. The Morgan fingerprint density at radius 3 is 2.81 bits per heavy atom. The van der Waals surface area contributed by atoms with Gasteiger partial charge in [0.05, 0.1) is 4.92 Å².